The van der Waals surface area contributed by atoms with Crippen molar-refractivity contribution in [3.8, 4) is 0 Å². The maximum atomic E-state index is 12.8. The van der Waals surface area contributed by atoms with Crippen LogP contribution in [0.1, 0.15) is 21.9 Å². The van der Waals surface area contributed by atoms with Crippen LogP contribution in [-0.2, 0) is 0 Å². The van der Waals surface area contributed by atoms with Gasteiger partial charge in [-0.25, -0.2) is 8.78 Å². The summed E-state index contributed by atoms with van der Waals surface area (Å²) in [4.78, 5) is 11.5. The van der Waals surface area contributed by atoms with Crippen molar-refractivity contribution in [1.82, 2.24) is 5.32 Å². The maximum absolute atomic E-state index is 12.8. The van der Waals surface area contributed by atoms with Crippen LogP contribution in [0.5, 0.6) is 0 Å². The average Bonchev–Trinajstić information content (AvgIpc) is 2.54. The van der Waals surface area contributed by atoms with Gasteiger partial charge in [0.1, 0.15) is 5.76 Å². The van der Waals surface area contributed by atoms with Crippen molar-refractivity contribution in [2.75, 3.05) is 13.1 Å². The van der Waals surface area contributed by atoms with E-state index < -0.39 is 24.9 Å². The van der Waals surface area contributed by atoms with Gasteiger partial charge in [-0.1, -0.05) is 0 Å². The van der Waals surface area contributed by atoms with E-state index in [9.17, 15) is 13.6 Å². The number of nitrogens with one attached hydrogen (secondary N) is 1. The Morgan fingerprint density at radius 2 is 2.12 bits per heavy atom. The lowest BCUT2D eigenvalue weighted by Crippen LogP contribution is -2.41. The predicted molar refractivity (Wildman–Crippen MR) is 61.8 cm³/mol. The highest BCUT2D eigenvalue weighted by Crippen LogP contribution is 2.14. The number of halogens is 3. The SMILES string of the molecule is Cc1cc(C)c(C(=O)NCC(F)(F)CN)o1.Cl. The van der Waals surface area contributed by atoms with Crippen LogP contribution in [0.3, 0.4) is 0 Å². The third-order valence-electron chi connectivity index (χ3n) is 2.05. The summed E-state index contributed by atoms with van der Waals surface area (Å²) in [5.74, 6) is -3.12. The van der Waals surface area contributed by atoms with Gasteiger partial charge in [0.15, 0.2) is 5.76 Å². The quantitative estimate of drug-likeness (QED) is 0.872. The van der Waals surface area contributed by atoms with Crippen molar-refractivity contribution in [3.63, 3.8) is 0 Å². The largest absolute Gasteiger partial charge is 0.456 e. The molecule has 17 heavy (non-hydrogen) atoms. The first-order chi connectivity index (χ1) is 7.35. The summed E-state index contributed by atoms with van der Waals surface area (Å²) in [5, 5.41) is 2.08. The summed E-state index contributed by atoms with van der Waals surface area (Å²) in [6.07, 6.45) is 0. The number of amides is 1. The van der Waals surface area contributed by atoms with Gasteiger partial charge in [-0.15, -0.1) is 12.4 Å². The smallest absolute Gasteiger partial charge is 0.287 e. The lowest BCUT2D eigenvalue weighted by atomic mass is 10.2. The molecule has 98 valence electrons. The molecule has 4 nitrogen and oxygen atoms in total. The van der Waals surface area contributed by atoms with Crippen molar-refractivity contribution in [2.24, 2.45) is 5.73 Å². The number of alkyl halides is 2. The zero-order valence-electron chi connectivity index (χ0n) is 9.55. The highest BCUT2D eigenvalue weighted by molar-refractivity contribution is 5.92. The number of carbonyl (C=O) groups is 1. The van der Waals surface area contributed by atoms with Crippen molar-refractivity contribution >= 4 is 18.3 Å². The molecule has 0 aliphatic rings. The molecule has 1 rings (SSSR count). The second-order valence-electron chi connectivity index (χ2n) is 3.61. The van der Waals surface area contributed by atoms with Crippen LogP contribution < -0.4 is 11.1 Å². The van der Waals surface area contributed by atoms with Crippen LogP contribution in [0.15, 0.2) is 10.5 Å². The Balaban J connectivity index is 0.00000256. The van der Waals surface area contributed by atoms with Crippen LogP contribution in [0, 0.1) is 13.8 Å². The summed E-state index contributed by atoms with van der Waals surface area (Å²) >= 11 is 0. The van der Waals surface area contributed by atoms with Crippen LogP contribution in [0.25, 0.3) is 0 Å². The molecule has 0 aromatic carbocycles. The van der Waals surface area contributed by atoms with E-state index in [4.69, 9.17) is 10.2 Å². The van der Waals surface area contributed by atoms with Gasteiger partial charge in [0.25, 0.3) is 11.8 Å². The molecule has 1 aromatic heterocycles. The molecule has 0 atom stereocenters. The van der Waals surface area contributed by atoms with Gasteiger partial charge < -0.3 is 15.5 Å². The molecule has 1 aromatic rings. The summed E-state index contributed by atoms with van der Waals surface area (Å²) in [6, 6.07) is 1.66. The molecule has 0 aliphatic heterocycles. The van der Waals surface area contributed by atoms with Crippen LogP contribution >= 0.6 is 12.4 Å². The standard InChI is InChI=1S/C10H14F2N2O2.ClH/c1-6-3-7(2)16-8(6)9(15)14-5-10(11,12)4-13;/h3H,4-5,13H2,1-2H3,(H,14,15);1H. The fourth-order valence-electron chi connectivity index (χ4n) is 1.23. The Bertz CT molecular complexity index is 394. The Morgan fingerprint density at radius 1 is 1.53 bits per heavy atom. The molecular weight excluding hydrogens is 254 g/mol. The van der Waals surface area contributed by atoms with E-state index >= 15 is 0 Å². The topological polar surface area (TPSA) is 68.3 Å². The van der Waals surface area contributed by atoms with Gasteiger partial charge in [0.2, 0.25) is 0 Å². The van der Waals surface area contributed by atoms with E-state index in [0.717, 1.165) is 0 Å². The van der Waals surface area contributed by atoms with Gasteiger partial charge in [-0.3, -0.25) is 4.79 Å². The normalized spacial score (nSPS) is 10.9. The fourth-order valence-corrected chi connectivity index (χ4v) is 1.23. The summed E-state index contributed by atoms with van der Waals surface area (Å²) < 4.78 is 30.6. The van der Waals surface area contributed by atoms with Crippen LogP contribution in [-0.4, -0.2) is 24.9 Å². The minimum Gasteiger partial charge on any atom is -0.456 e. The molecular formula is C10H15ClF2N2O2. The van der Waals surface area contributed by atoms with E-state index in [1.165, 1.54) is 0 Å². The summed E-state index contributed by atoms with van der Waals surface area (Å²) in [5.41, 5.74) is 5.46. The lowest BCUT2D eigenvalue weighted by Gasteiger charge is -2.13. The highest BCUT2D eigenvalue weighted by Gasteiger charge is 2.28. The summed E-state index contributed by atoms with van der Waals surface area (Å²) in [7, 11) is 0. The molecule has 3 N–H and O–H groups in total. The minimum atomic E-state index is -3.09. The van der Waals surface area contributed by atoms with E-state index in [1.807, 2.05) is 0 Å². The Kier molecular flexibility index (Phi) is 5.57. The van der Waals surface area contributed by atoms with Crippen molar-refractivity contribution in [3.05, 3.63) is 23.2 Å². The third-order valence-corrected chi connectivity index (χ3v) is 2.05. The second-order valence-corrected chi connectivity index (χ2v) is 3.61. The fraction of sp³-hybridized carbons (Fsp3) is 0.500. The van der Waals surface area contributed by atoms with E-state index in [0.29, 0.717) is 11.3 Å². The van der Waals surface area contributed by atoms with Crippen molar-refractivity contribution in [1.29, 1.82) is 0 Å². The van der Waals surface area contributed by atoms with E-state index in [-0.39, 0.29) is 18.2 Å². The molecule has 0 radical (unpaired) electrons. The lowest BCUT2D eigenvalue weighted by molar-refractivity contribution is 0.0115. The highest BCUT2D eigenvalue weighted by atomic mass is 35.5. The van der Waals surface area contributed by atoms with Gasteiger partial charge in [-0.2, -0.15) is 0 Å². The molecule has 0 aliphatic carbocycles. The van der Waals surface area contributed by atoms with E-state index in [1.54, 1.807) is 19.9 Å². The number of hydrogen-bond donors (Lipinski definition) is 2. The van der Waals surface area contributed by atoms with Gasteiger partial charge in [0.05, 0.1) is 13.1 Å². The molecule has 0 spiro atoms. The molecule has 0 unspecified atom stereocenters. The molecule has 0 fully saturated rings. The maximum Gasteiger partial charge on any atom is 0.287 e. The molecule has 0 bridgehead atoms. The number of furan rings is 1. The zero-order chi connectivity index (χ0) is 12.3. The third kappa shape index (κ3) is 4.32. The molecule has 1 heterocycles. The van der Waals surface area contributed by atoms with Gasteiger partial charge in [0, 0.05) is 5.56 Å². The predicted octanol–water partition coefficient (Wildman–Crippen LogP) is 1.64. The minimum absolute atomic E-state index is 0. The first-order valence-electron chi connectivity index (χ1n) is 4.79. The number of nitrogens with two attached hydrogens (primary N) is 1. The molecule has 0 saturated heterocycles. The van der Waals surface area contributed by atoms with E-state index in [2.05, 4.69) is 5.32 Å². The van der Waals surface area contributed by atoms with Crippen LogP contribution in [0.2, 0.25) is 0 Å². The first kappa shape index (κ1) is 15.9. The zero-order valence-corrected chi connectivity index (χ0v) is 10.4. The monoisotopic (exact) mass is 268 g/mol. The molecule has 0 saturated carbocycles. The summed E-state index contributed by atoms with van der Waals surface area (Å²) in [6.45, 7) is 1.76. The number of carbonyl (C=O) groups excluding carboxylic acids is 1. The Labute approximate surface area is 104 Å². The van der Waals surface area contributed by atoms with Gasteiger partial charge in [-0.05, 0) is 19.9 Å². The number of aryl methyl sites for hydroxylation is 2. The Hall–Kier alpha value is -1.14. The second kappa shape index (κ2) is 5.97. The first-order valence-corrected chi connectivity index (χ1v) is 4.79. The number of rotatable bonds is 4. The van der Waals surface area contributed by atoms with Gasteiger partial charge >= 0.3 is 0 Å². The molecule has 7 heteroatoms. The van der Waals surface area contributed by atoms with Crippen molar-refractivity contribution < 1.29 is 18.0 Å². The average molecular weight is 269 g/mol. The number of hydrogen-bond acceptors (Lipinski definition) is 3. The van der Waals surface area contributed by atoms with Crippen molar-refractivity contribution in [2.45, 2.75) is 19.8 Å². The Morgan fingerprint density at radius 3 is 2.53 bits per heavy atom. The molecule has 1 amide bonds. The van der Waals surface area contributed by atoms with Crippen LogP contribution in [0.4, 0.5) is 8.78 Å².